The topological polar surface area (TPSA) is 77.0 Å². The molecule has 26 heavy (non-hydrogen) atoms. The lowest BCUT2D eigenvalue weighted by atomic mass is 10.1. The molecule has 2 heterocycles. The highest BCUT2D eigenvalue weighted by Crippen LogP contribution is 2.24. The van der Waals surface area contributed by atoms with Gasteiger partial charge in [0.2, 0.25) is 5.13 Å². The van der Waals surface area contributed by atoms with Gasteiger partial charge in [0.1, 0.15) is 27.2 Å². The lowest BCUT2D eigenvalue weighted by molar-refractivity contribution is 0.102. The quantitative estimate of drug-likeness (QED) is 0.681. The first-order valence-electron chi connectivity index (χ1n) is 8.26. The highest BCUT2D eigenvalue weighted by molar-refractivity contribution is 7.16. The highest BCUT2D eigenvalue weighted by atomic mass is 32.1. The second-order valence-electron chi connectivity index (χ2n) is 5.89. The molecule has 3 aromatic rings. The maximum atomic E-state index is 12.5. The van der Waals surface area contributed by atoms with Crippen molar-refractivity contribution in [1.29, 1.82) is 0 Å². The molecule has 0 radical (unpaired) electrons. The van der Waals surface area contributed by atoms with Crippen LogP contribution in [0.1, 0.15) is 43.4 Å². The molecule has 0 aliphatic rings. The number of hydrogen-bond donors (Lipinski definition) is 1. The molecule has 136 valence electrons. The Morgan fingerprint density at radius 2 is 1.96 bits per heavy atom. The van der Waals surface area contributed by atoms with Gasteiger partial charge in [-0.3, -0.25) is 10.1 Å². The highest BCUT2D eigenvalue weighted by Gasteiger charge is 2.17. The van der Waals surface area contributed by atoms with Crippen LogP contribution in [0.15, 0.2) is 18.2 Å². The standard InChI is InChI=1S/C18H20N4O2S2/c1-5-14-21-22-18(26-14)20-17(23)16-12(4)19-15(25-16)9-24-13-8-10(2)6-7-11(13)3/h6-8H,5,9H2,1-4H3,(H,20,22,23). The van der Waals surface area contributed by atoms with E-state index in [1.807, 2.05) is 39.8 Å². The molecule has 0 aliphatic carbocycles. The molecule has 0 unspecified atom stereocenters. The van der Waals surface area contributed by atoms with Gasteiger partial charge in [-0.2, -0.15) is 0 Å². The van der Waals surface area contributed by atoms with Crippen molar-refractivity contribution >= 4 is 33.7 Å². The molecule has 0 atom stereocenters. The molecule has 1 aromatic carbocycles. The van der Waals surface area contributed by atoms with Crippen molar-refractivity contribution in [2.75, 3.05) is 5.32 Å². The summed E-state index contributed by atoms with van der Waals surface area (Å²) >= 11 is 2.72. The molecule has 1 N–H and O–H groups in total. The van der Waals surface area contributed by atoms with Crippen LogP contribution in [0.2, 0.25) is 0 Å². The summed E-state index contributed by atoms with van der Waals surface area (Å²) in [4.78, 5) is 17.5. The average Bonchev–Trinajstić information content (AvgIpc) is 3.22. The van der Waals surface area contributed by atoms with E-state index in [0.29, 0.717) is 22.3 Å². The molecular formula is C18H20N4O2S2. The van der Waals surface area contributed by atoms with Crippen LogP contribution in [-0.4, -0.2) is 21.1 Å². The molecule has 0 fully saturated rings. The van der Waals surface area contributed by atoms with Crippen molar-refractivity contribution in [3.63, 3.8) is 0 Å². The zero-order valence-electron chi connectivity index (χ0n) is 15.1. The maximum Gasteiger partial charge on any atom is 0.269 e. The Balaban J connectivity index is 1.68. The van der Waals surface area contributed by atoms with Crippen molar-refractivity contribution in [2.45, 2.75) is 40.7 Å². The van der Waals surface area contributed by atoms with E-state index >= 15 is 0 Å². The second-order valence-corrected chi connectivity index (χ2v) is 8.03. The lowest BCUT2D eigenvalue weighted by Crippen LogP contribution is -2.11. The normalized spacial score (nSPS) is 10.8. The van der Waals surface area contributed by atoms with E-state index in [4.69, 9.17) is 4.74 Å². The summed E-state index contributed by atoms with van der Waals surface area (Å²) in [7, 11) is 0. The zero-order valence-corrected chi connectivity index (χ0v) is 16.8. The van der Waals surface area contributed by atoms with Gasteiger partial charge in [0.05, 0.1) is 5.69 Å². The van der Waals surface area contributed by atoms with Crippen LogP contribution in [0.4, 0.5) is 5.13 Å². The fourth-order valence-corrected chi connectivity index (χ4v) is 3.88. The molecule has 0 saturated carbocycles. The zero-order chi connectivity index (χ0) is 18.7. The fraction of sp³-hybridized carbons (Fsp3) is 0.333. The van der Waals surface area contributed by atoms with Gasteiger partial charge >= 0.3 is 0 Å². The summed E-state index contributed by atoms with van der Waals surface area (Å²) in [6.07, 6.45) is 0.799. The van der Waals surface area contributed by atoms with E-state index in [1.165, 1.54) is 22.7 Å². The first-order chi connectivity index (χ1) is 12.5. The molecule has 0 aliphatic heterocycles. The number of nitrogens with one attached hydrogen (secondary N) is 1. The molecule has 0 spiro atoms. The monoisotopic (exact) mass is 388 g/mol. The fourth-order valence-electron chi connectivity index (χ4n) is 2.33. The summed E-state index contributed by atoms with van der Waals surface area (Å²) in [5, 5.41) is 12.9. The first kappa shape index (κ1) is 18.5. The van der Waals surface area contributed by atoms with Crippen LogP contribution in [-0.2, 0) is 13.0 Å². The number of aromatic nitrogens is 3. The van der Waals surface area contributed by atoms with Gasteiger partial charge in [0.25, 0.3) is 5.91 Å². The largest absolute Gasteiger partial charge is 0.486 e. The van der Waals surface area contributed by atoms with Gasteiger partial charge in [-0.15, -0.1) is 21.5 Å². The molecule has 8 heteroatoms. The summed E-state index contributed by atoms with van der Waals surface area (Å²) in [6.45, 7) is 8.20. The minimum atomic E-state index is -0.211. The van der Waals surface area contributed by atoms with Crippen LogP contribution >= 0.6 is 22.7 Å². The summed E-state index contributed by atoms with van der Waals surface area (Å²) in [5.41, 5.74) is 2.90. The van der Waals surface area contributed by atoms with Crippen LogP contribution in [0.3, 0.4) is 0 Å². The number of aryl methyl sites for hydroxylation is 4. The van der Waals surface area contributed by atoms with Crippen molar-refractivity contribution in [1.82, 2.24) is 15.2 Å². The van der Waals surface area contributed by atoms with Gasteiger partial charge < -0.3 is 4.74 Å². The SMILES string of the molecule is CCc1nnc(NC(=O)c2sc(COc3cc(C)ccc3C)nc2C)s1. The molecule has 0 bridgehead atoms. The molecular weight excluding hydrogens is 368 g/mol. The predicted molar refractivity (Wildman–Crippen MR) is 104 cm³/mol. The predicted octanol–water partition coefficient (Wildman–Crippen LogP) is 4.31. The summed E-state index contributed by atoms with van der Waals surface area (Å²) in [5.74, 6) is 0.626. The Labute approximate surface area is 160 Å². The Hall–Kier alpha value is -2.32. The van der Waals surface area contributed by atoms with Gasteiger partial charge in [0.15, 0.2) is 0 Å². The van der Waals surface area contributed by atoms with Crippen LogP contribution in [0.5, 0.6) is 5.75 Å². The van der Waals surface area contributed by atoms with Gasteiger partial charge in [-0.1, -0.05) is 30.4 Å². The minimum Gasteiger partial charge on any atom is -0.486 e. The van der Waals surface area contributed by atoms with Crippen molar-refractivity contribution in [3.05, 3.63) is 49.9 Å². The third-order valence-corrected chi connectivity index (χ3v) is 5.84. The first-order valence-corrected chi connectivity index (χ1v) is 9.89. The van der Waals surface area contributed by atoms with Crippen molar-refractivity contribution < 1.29 is 9.53 Å². The molecule has 2 aromatic heterocycles. The second kappa shape index (κ2) is 7.92. The number of nitrogens with zero attached hydrogens (tertiary/aromatic N) is 3. The Morgan fingerprint density at radius 1 is 1.15 bits per heavy atom. The number of hydrogen-bond acceptors (Lipinski definition) is 7. The number of anilines is 1. The Kier molecular flexibility index (Phi) is 5.63. The number of ether oxygens (including phenoxy) is 1. The van der Waals surface area contributed by atoms with E-state index < -0.39 is 0 Å². The van der Waals surface area contributed by atoms with Gasteiger partial charge in [-0.25, -0.2) is 4.98 Å². The number of thiazole rings is 1. The van der Waals surface area contributed by atoms with E-state index in [-0.39, 0.29) is 5.91 Å². The van der Waals surface area contributed by atoms with Crippen molar-refractivity contribution in [3.8, 4) is 5.75 Å². The van der Waals surface area contributed by atoms with E-state index in [0.717, 1.165) is 33.3 Å². The molecule has 6 nitrogen and oxygen atoms in total. The van der Waals surface area contributed by atoms with E-state index in [1.54, 1.807) is 0 Å². The molecule has 0 saturated heterocycles. The number of amides is 1. The smallest absolute Gasteiger partial charge is 0.269 e. The average molecular weight is 389 g/mol. The number of carbonyl (C=O) groups excluding carboxylic acids is 1. The Morgan fingerprint density at radius 3 is 2.69 bits per heavy atom. The van der Waals surface area contributed by atoms with Crippen LogP contribution in [0.25, 0.3) is 0 Å². The van der Waals surface area contributed by atoms with Crippen molar-refractivity contribution in [2.24, 2.45) is 0 Å². The van der Waals surface area contributed by atoms with E-state index in [2.05, 4.69) is 26.6 Å². The number of benzene rings is 1. The number of rotatable bonds is 6. The Bertz CT molecular complexity index is 933. The van der Waals surface area contributed by atoms with Crippen LogP contribution in [0, 0.1) is 20.8 Å². The summed E-state index contributed by atoms with van der Waals surface area (Å²) < 4.78 is 5.88. The maximum absolute atomic E-state index is 12.5. The number of carbonyl (C=O) groups is 1. The summed E-state index contributed by atoms with van der Waals surface area (Å²) in [6, 6.07) is 6.09. The lowest BCUT2D eigenvalue weighted by Gasteiger charge is -2.08. The van der Waals surface area contributed by atoms with Gasteiger partial charge in [-0.05, 0) is 44.4 Å². The molecule has 3 rings (SSSR count). The van der Waals surface area contributed by atoms with Crippen LogP contribution < -0.4 is 10.1 Å². The molecule has 1 amide bonds. The van der Waals surface area contributed by atoms with E-state index in [9.17, 15) is 4.79 Å². The third-order valence-electron chi connectivity index (χ3n) is 3.73. The minimum absolute atomic E-state index is 0.211. The van der Waals surface area contributed by atoms with Gasteiger partial charge in [0, 0.05) is 0 Å². The third kappa shape index (κ3) is 4.25.